The zero-order valence-electron chi connectivity index (χ0n) is 12.7. The molecule has 0 radical (unpaired) electrons. The molecule has 0 N–H and O–H groups in total. The number of amides is 1. The molecule has 1 atom stereocenters. The quantitative estimate of drug-likeness (QED) is 0.840. The first kappa shape index (κ1) is 16.9. The number of hydrogen-bond donors (Lipinski definition) is 0. The lowest BCUT2D eigenvalue weighted by atomic mass is 10.1. The number of likely N-dealkylation sites (N-methyl/N-ethyl adjacent to an activating group) is 1. The second-order valence-corrected chi connectivity index (χ2v) is 5.07. The van der Waals surface area contributed by atoms with Crippen molar-refractivity contribution in [2.75, 3.05) is 13.7 Å². The predicted octanol–water partition coefficient (Wildman–Crippen LogP) is 3.70. The Hall–Kier alpha value is -2.50. The molecule has 1 amide bonds. The molecule has 3 nitrogen and oxygen atoms in total. The topological polar surface area (TPSA) is 29.5 Å². The Morgan fingerprint density at radius 2 is 1.78 bits per heavy atom. The van der Waals surface area contributed by atoms with E-state index >= 15 is 0 Å². The van der Waals surface area contributed by atoms with E-state index in [0.717, 1.165) is 12.1 Å². The zero-order chi connectivity index (χ0) is 17.0. The summed E-state index contributed by atoms with van der Waals surface area (Å²) in [4.78, 5) is 13.4. The van der Waals surface area contributed by atoms with Crippen LogP contribution in [0.3, 0.4) is 0 Å². The monoisotopic (exact) mass is 323 g/mol. The Bertz CT molecular complexity index is 706. The summed E-state index contributed by atoms with van der Waals surface area (Å²) in [6, 6.07) is 8.73. The largest absolute Gasteiger partial charge is 0.481 e. The minimum atomic E-state index is -0.974. The number of carbonyl (C=O) groups is 1. The molecule has 0 fully saturated rings. The van der Waals surface area contributed by atoms with Gasteiger partial charge in [-0.25, -0.2) is 13.2 Å². The van der Waals surface area contributed by atoms with E-state index in [9.17, 15) is 18.0 Å². The minimum Gasteiger partial charge on any atom is -0.481 e. The molecule has 1 unspecified atom stereocenters. The van der Waals surface area contributed by atoms with Gasteiger partial charge in [0.2, 0.25) is 0 Å². The van der Waals surface area contributed by atoms with Gasteiger partial charge in [-0.1, -0.05) is 18.2 Å². The highest BCUT2D eigenvalue weighted by Crippen LogP contribution is 2.21. The van der Waals surface area contributed by atoms with Gasteiger partial charge in [-0.3, -0.25) is 4.79 Å². The van der Waals surface area contributed by atoms with Crippen LogP contribution < -0.4 is 4.74 Å². The van der Waals surface area contributed by atoms with E-state index in [1.165, 1.54) is 36.2 Å². The van der Waals surface area contributed by atoms with E-state index in [0.29, 0.717) is 5.56 Å². The van der Waals surface area contributed by atoms with Crippen molar-refractivity contribution in [3.8, 4) is 5.75 Å². The van der Waals surface area contributed by atoms with Gasteiger partial charge in [0, 0.05) is 7.05 Å². The van der Waals surface area contributed by atoms with Gasteiger partial charge in [-0.15, -0.1) is 0 Å². The molecule has 2 aromatic carbocycles. The molecule has 2 rings (SSSR count). The minimum absolute atomic E-state index is 0.0188. The van der Waals surface area contributed by atoms with Crippen LogP contribution in [-0.4, -0.2) is 24.5 Å². The SMILES string of the molecule is CC(c1ccc(F)c(F)c1)N(C)C(=O)COc1ccccc1F. The Morgan fingerprint density at radius 1 is 1.09 bits per heavy atom. The summed E-state index contributed by atoms with van der Waals surface area (Å²) in [6.45, 7) is 1.32. The lowest BCUT2D eigenvalue weighted by Crippen LogP contribution is -2.33. The van der Waals surface area contributed by atoms with Crippen molar-refractivity contribution in [1.82, 2.24) is 4.90 Å². The number of halogens is 3. The normalized spacial score (nSPS) is 11.9. The summed E-state index contributed by atoms with van der Waals surface area (Å²) in [6.07, 6.45) is 0. The van der Waals surface area contributed by atoms with E-state index in [-0.39, 0.29) is 12.4 Å². The summed E-state index contributed by atoms with van der Waals surface area (Å²) in [7, 11) is 1.51. The molecule has 23 heavy (non-hydrogen) atoms. The van der Waals surface area contributed by atoms with Crippen LogP contribution in [0.5, 0.6) is 5.75 Å². The summed E-state index contributed by atoms with van der Waals surface area (Å²) < 4.78 is 44.8. The molecule has 0 saturated carbocycles. The Kier molecular flexibility index (Phi) is 5.26. The molecule has 0 spiro atoms. The van der Waals surface area contributed by atoms with Crippen LogP contribution in [0.1, 0.15) is 18.5 Å². The average molecular weight is 323 g/mol. The van der Waals surface area contributed by atoms with Gasteiger partial charge in [0.15, 0.2) is 29.8 Å². The highest BCUT2D eigenvalue weighted by atomic mass is 19.2. The van der Waals surface area contributed by atoms with Crippen LogP contribution in [0, 0.1) is 17.5 Å². The van der Waals surface area contributed by atoms with E-state index in [4.69, 9.17) is 4.74 Å². The Labute approximate surface area is 132 Å². The van der Waals surface area contributed by atoms with Crippen molar-refractivity contribution >= 4 is 5.91 Å². The number of ether oxygens (including phenoxy) is 1. The van der Waals surface area contributed by atoms with Gasteiger partial charge in [0.1, 0.15) is 0 Å². The third-order valence-electron chi connectivity index (χ3n) is 3.59. The number of carbonyl (C=O) groups excluding carboxylic acids is 1. The zero-order valence-corrected chi connectivity index (χ0v) is 12.7. The fourth-order valence-electron chi connectivity index (χ4n) is 2.01. The first-order valence-electron chi connectivity index (χ1n) is 6.98. The van der Waals surface area contributed by atoms with Crippen molar-refractivity contribution in [3.05, 3.63) is 65.5 Å². The number of hydrogen-bond acceptors (Lipinski definition) is 2. The summed E-state index contributed by atoms with van der Waals surface area (Å²) in [5.41, 5.74) is 0.450. The molecule has 0 aliphatic carbocycles. The van der Waals surface area contributed by atoms with Crippen molar-refractivity contribution in [2.24, 2.45) is 0 Å². The number of para-hydroxylation sites is 1. The summed E-state index contributed by atoms with van der Waals surface area (Å²) in [5.74, 6) is -2.91. The highest BCUT2D eigenvalue weighted by molar-refractivity contribution is 5.78. The molecular formula is C17H16F3NO2. The standard InChI is InChI=1S/C17H16F3NO2/c1-11(12-7-8-13(18)15(20)9-12)21(2)17(22)10-23-16-6-4-3-5-14(16)19/h3-9,11H,10H2,1-2H3. The van der Waals surface area contributed by atoms with Crippen LogP contribution in [0.25, 0.3) is 0 Å². The van der Waals surface area contributed by atoms with Crippen LogP contribution in [0.15, 0.2) is 42.5 Å². The molecule has 6 heteroatoms. The van der Waals surface area contributed by atoms with E-state index in [2.05, 4.69) is 0 Å². The summed E-state index contributed by atoms with van der Waals surface area (Å²) in [5, 5.41) is 0. The predicted molar refractivity (Wildman–Crippen MR) is 79.4 cm³/mol. The molecule has 2 aromatic rings. The van der Waals surface area contributed by atoms with Gasteiger partial charge < -0.3 is 9.64 Å². The van der Waals surface area contributed by atoms with Crippen LogP contribution in [0.2, 0.25) is 0 Å². The Balaban J connectivity index is 2.01. The number of benzene rings is 2. The average Bonchev–Trinajstić information content (AvgIpc) is 2.55. The third-order valence-corrected chi connectivity index (χ3v) is 3.59. The van der Waals surface area contributed by atoms with E-state index < -0.39 is 29.4 Å². The van der Waals surface area contributed by atoms with Gasteiger partial charge in [-0.05, 0) is 36.8 Å². The van der Waals surface area contributed by atoms with Gasteiger partial charge in [0.25, 0.3) is 5.91 Å². The van der Waals surface area contributed by atoms with Crippen molar-refractivity contribution < 1.29 is 22.7 Å². The molecule has 0 aliphatic rings. The third kappa shape index (κ3) is 4.03. The fraction of sp³-hybridized carbons (Fsp3) is 0.235. The number of nitrogens with zero attached hydrogens (tertiary/aromatic N) is 1. The summed E-state index contributed by atoms with van der Waals surface area (Å²) >= 11 is 0. The van der Waals surface area contributed by atoms with Gasteiger partial charge in [0.05, 0.1) is 6.04 Å². The van der Waals surface area contributed by atoms with Crippen LogP contribution in [0.4, 0.5) is 13.2 Å². The fourth-order valence-corrected chi connectivity index (χ4v) is 2.01. The second-order valence-electron chi connectivity index (χ2n) is 5.07. The van der Waals surface area contributed by atoms with Gasteiger partial charge in [-0.2, -0.15) is 0 Å². The first-order valence-corrected chi connectivity index (χ1v) is 6.98. The molecule has 122 valence electrons. The van der Waals surface area contributed by atoms with Gasteiger partial charge >= 0.3 is 0 Å². The molecule has 0 bridgehead atoms. The maximum absolute atomic E-state index is 13.4. The lowest BCUT2D eigenvalue weighted by molar-refractivity contribution is -0.134. The maximum Gasteiger partial charge on any atom is 0.260 e. The molecule has 0 aliphatic heterocycles. The van der Waals surface area contributed by atoms with E-state index in [1.807, 2.05) is 0 Å². The van der Waals surface area contributed by atoms with Crippen LogP contribution >= 0.6 is 0 Å². The van der Waals surface area contributed by atoms with Crippen molar-refractivity contribution in [1.29, 1.82) is 0 Å². The highest BCUT2D eigenvalue weighted by Gasteiger charge is 2.19. The molecule has 0 aromatic heterocycles. The molecule has 0 heterocycles. The molecular weight excluding hydrogens is 307 g/mol. The lowest BCUT2D eigenvalue weighted by Gasteiger charge is -2.25. The van der Waals surface area contributed by atoms with Crippen molar-refractivity contribution in [3.63, 3.8) is 0 Å². The second kappa shape index (κ2) is 7.17. The number of rotatable bonds is 5. The molecule has 0 saturated heterocycles. The maximum atomic E-state index is 13.4. The Morgan fingerprint density at radius 3 is 2.43 bits per heavy atom. The first-order chi connectivity index (χ1) is 10.9. The van der Waals surface area contributed by atoms with Crippen LogP contribution in [-0.2, 0) is 4.79 Å². The van der Waals surface area contributed by atoms with E-state index in [1.54, 1.807) is 13.0 Å². The smallest absolute Gasteiger partial charge is 0.260 e. The van der Waals surface area contributed by atoms with Crippen molar-refractivity contribution in [2.45, 2.75) is 13.0 Å².